The normalized spacial score (nSPS) is 22.6. The molecular formula is C20H30N2OS. The highest BCUT2D eigenvalue weighted by molar-refractivity contribution is 7.99. The zero-order chi connectivity index (χ0) is 16.6. The third kappa shape index (κ3) is 5.25. The molecule has 2 aliphatic rings. The number of amides is 1. The molecule has 0 aromatic heterocycles. The molecule has 1 amide bonds. The van der Waals surface area contributed by atoms with Crippen molar-refractivity contribution in [2.24, 2.45) is 0 Å². The Bertz CT molecular complexity index is 502. The molecule has 0 unspecified atom stereocenters. The van der Waals surface area contributed by atoms with Gasteiger partial charge in [0, 0.05) is 24.1 Å². The summed E-state index contributed by atoms with van der Waals surface area (Å²) in [6, 6.07) is 10.5. The number of thioether (sulfide) groups is 1. The van der Waals surface area contributed by atoms with Gasteiger partial charge in [-0.05, 0) is 37.8 Å². The van der Waals surface area contributed by atoms with Gasteiger partial charge in [0.25, 0.3) is 0 Å². The van der Waals surface area contributed by atoms with E-state index in [1.54, 1.807) is 0 Å². The van der Waals surface area contributed by atoms with Crippen LogP contribution >= 0.6 is 11.8 Å². The molecule has 1 aromatic carbocycles. The van der Waals surface area contributed by atoms with Crippen molar-refractivity contribution in [2.45, 2.75) is 62.8 Å². The van der Waals surface area contributed by atoms with Crippen molar-refractivity contribution in [3.63, 3.8) is 0 Å². The molecule has 1 heterocycles. The van der Waals surface area contributed by atoms with Crippen LogP contribution in [0, 0.1) is 0 Å². The molecule has 2 fully saturated rings. The summed E-state index contributed by atoms with van der Waals surface area (Å²) in [5, 5.41) is 4.01. The number of benzene rings is 1. The molecule has 1 N–H and O–H groups in total. The first-order chi connectivity index (χ1) is 11.8. The number of nitrogens with zero attached hydrogens (tertiary/aromatic N) is 1. The second-order valence-corrected chi connectivity index (χ2v) is 8.44. The lowest BCUT2D eigenvalue weighted by Gasteiger charge is -2.24. The average Bonchev–Trinajstić information content (AvgIpc) is 3.08. The van der Waals surface area contributed by atoms with E-state index in [2.05, 4.69) is 46.2 Å². The molecule has 1 saturated heterocycles. The monoisotopic (exact) mass is 346 g/mol. The van der Waals surface area contributed by atoms with Crippen LogP contribution in [0.5, 0.6) is 0 Å². The van der Waals surface area contributed by atoms with Gasteiger partial charge in [0.05, 0.1) is 6.04 Å². The van der Waals surface area contributed by atoms with E-state index in [0.717, 1.165) is 43.5 Å². The molecule has 3 nitrogen and oxygen atoms in total. The van der Waals surface area contributed by atoms with Gasteiger partial charge < -0.3 is 5.32 Å². The molecule has 1 aliphatic heterocycles. The zero-order valence-electron chi connectivity index (χ0n) is 14.6. The van der Waals surface area contributed by atoms with Crippen molar-refractivity contribution in [1.29, 1.82) is 0 Å². The maximum Gasteiger partial charge on any atom is 0.237 e. The third-order valence-corrected chi connectivity index (χ3v) is 6.58. The van der Waals surface area contributed by atoms with Crippen molar-refractivity contribution in [2.75, 3.05) is 18.8 Å². The highest BCUT2D eigenvalue weighted by Gasteiger charge is 2.30. The van der Waals surface area contributed by atoms with E-state index in [0.29, 0.717) is 0 Å². The molecular weight excluding hydrogens is 316 g/mol. The van der Waals surface area contributed by atoms with Crippen molar-refractivity contribution in [1.82, 2.24) is 10.2 Å². The molecule has 1 aliphatic carbocycles. The molecule has 1 saturated carbocycles. The molecule has 132 valence electrons. The maximum atomic E-state index is 12.5. The van der Waals surface area contributed by atoms with E-state index in [9.17, 15) is 4.79 Å². The molecule has 0 spiro atoms. The Balaban J connectivity index is 1.38. The van der Waals surface area contributed by atoms with Crippen LogP contribution in [-0.4, -0.2) is 40.9 Å². The number of carbonyl (C=O) groups excluding carboxylic acids is 1. The second kappa shape index (κ2) is 9.47. The van der Waals surface area contributed by atoms with Crippen molar-refractivity contribution < 1.29 is 4.79 Å². The van der Waals surface area contributed by atoms with Crippen LogP contribution in [0.4, 0.5) is 0 Å². The molecule has 0 radical (unpaired) electrons. The van der Waals surface area contributed by atoms with Gasteiger partial charge in [-0.25, -0.2) is 0 Å². The van der Waals surface area contributed by atoms with E-state index in [4.69, 9.17) is 0 Å². The summed E-state index contributed by atoms with van der Waals surface area (Å²) < 4.78 is 0. The van der Waals surface area contributed by atoms with Gasteiger partial charge in [-0.3, -0.25) is 9.69 Å². The first-order valence-electron chi connectivity index (χ1n) is 9.50. The first kappa shape index (κ1) is 17.8. The summed E-state index contributed by atoms with van der Waals surface area (Å²) in [7, 11) is 0. The van der Waals surface area contributed by atoms with E-state index < -0.39 is 0 Å². The molecule has 4 heteroatoms. The van der Waals surface area contributed by atoms with Gasteiger partial charge in [0.1, 0.15) is 0 Å². The number of likely N-dealkylation sites (tertiary alicyclic amines) is 1. The van der Waals surface area contributed by atoms with Crippen molar-refractivity contribution >= 4 is 17.7 Å². The lowest BCUT2D eigenvalue weighted by atomic mass is 10.0. The van der Waals surface area contributed by atoms with Crippen LogP contribution < -0.4 is 5.32 Å². The molecule has 3 rings (SSSR count). The fourth-order valence-corrected chi connectivity index (χ4v) is 5.10. The lowest BCUT2D eigenvalue weighted by molar-refractivity contribution is -0.125. The van der Waals surface area contributed by atoms with Gasteiger partial charge in [-0.15, -0.1) is 0 Å². The second-order valence-electron chi connectivity index (χ2n) is 7.04. The summed E-state index contributed by atoms with van der Waals surface area (Å²) in [4.78, 5) is 14.9. The van der Waals surface area contributed by atoms with Gasteiger partial charge in [-0.1, -0.05) is 49.6 Å². The average molecular weight is 347 g/mol. The van der Waals surface area contributed by atoms with Crippen LogP contribution in [0.1, 0.15) is 50.5 Å². The number of carbonyl (C=O) groups is 1. The fraction of sp³-hybridized carbons (Fsp3) is 0.650. The zero-order valence-corrected chi connectivity index (χ0v) is 15.4. The summed E-state index contributed by atoms with van der Waals surface area (Å²) in [6.07, 6.45) is 9.04. The predicted molar refractivity (Wildman–Crippen MR) is 102 cm³/mol. The van der Waals surface area contributed by atoms with Crippen LogP contribution in [0.2, 0.25) is 0 Å². The lowest BCUT2D eigenvalue weighted by Crippen LogP contribution is -2.43. The maximum absolute atomic E-state index is 12.5. The van der Waals surface area contributed by atoms with Gasteiger partial charge in [-0.2, -0.15) is 11.8 Å². The van der Waals surface area contributed by atoms with Gasteiger partial charge >= 0.3 is 0 Å². The molecule has 24 heavy (non-hydrogen) atoms. The smallest absolute Gasteiger partial charge is 0.237 e. The minimum atomic E-state index is 0.0601. The van der Waals surface area contributed by atoms with Crippen LogP contribution in [0.15, 0.2) is 30.3 Å². The fourth-order valence-electron chi connectivity index (χ4n) is 3.88. The summed E-state index contributed by atoms with van der Waals surface area (Å²) >= 11 is 2.06. The number of nitrogens with one attached hydrogen (secondary N) is 1. The highest BCUT2D eigenvalue weighted by Crippen LogP contribution is 2.27. The van der Waals surface area contributed by atoms with E-state index >= 15 is 0 Å². The van der Waals surface area contributed by atoms with Crippen LogP contribution in [0.25, 0.3) is 0 Å². The van der Waals surface area contributed by atoms with Gasteiger partial charge in [0.2, 0.25) is 5.91 Å². The standard InChI is InChI=1S/C20H30N2OS/c23-20(21-13-15-24-18-10-5-2-6-11-18)19-12-7-14-22(19)16-17-8-3-1-4-9-17/h1,3-4,8-9,18-19H,2,5-7,10-16H2,(H,21,23)/t19-/m0/s1. The van der Waals surface area contributed by atoms with Crippen molar-refractivity contribution in [3.05, 3.63) is 35.9 Å². The Hall–Kier alpha value is -1.00. The predicted octanol–water partition coefficient (Wildman–Crippen LogP) is 3.83. The van der Waals surface area contributed by atoms with Crippen LogP contribution in [-0.2, 0) is 11.3 Å². The first-order valence-corrected chi connectivity index (χ1v) is 10.5. The summed E-state index contributed by atoms with van der Waals surface area (Å²) in [5.41, 5.74) is 1.30. The number of hydrogen-bond acceptors (Lipinski definition) is 3. The molecule has 1 atom stereocenters. The van der Waals surface area contributed by atoms with Crippen LogP contribution in [0.3, 0.4) is 0 Å². The highest BCUT2D eigenvalue weighted by atomic mass is 32.2. The third-order valence-electron chi connectivity index (χ3n) is 5.20. The Morgan fingerprint density at radius 3 is 2.67 bits per heavy atom. The Morgan fingerprint density at radius 1 is 1.08 bits per heavy atom. The molecule has 0 bridgehead atoms. The summed E-state index contributed by atoms with van der Waals surface area (Å²) in [6.45, 7) is 2.73. The Labute approximate surface area is 150 Å². The van der Waals surface area contributed by atoms with E-state index in [1.165, 1.54) is 37.7 Å². The summed E-state index contributed by atoms with van der Waals surface area (Å²) in [5.74, 6) is 1.29. The minimum Gasteiger partial charge on any atom is -0.354 e. The number of rotatable bonds is 7. The largest absolute Gasteiger partial charge is 0.354 e. The number of hydrogen-bond donors (Lipinski definition) is 1. The molecule has 1 aromatic rings. The van der Waals surface area contributed by atoms with E-state index in [-0.39, 0.29) is 11.9 Å². The SMILES string of the molecule is O=C(NCCSC1CCCCC1)[C@@H]1CCCN1Cc1ccccc1. The Kier molecular flexibility index (Phi) is 7.03. The minimum absolute atomic E-state index is 0.0601. The van der Waals surface area contributed by atoms with Crippen molar-refractivity contribution in [3.8, 4) is 0 Å². The topological polar surface area (TPSA) is 32.3 Å². The van der Waals surface area contributed by atoms with E-state index in [1.807, 2.05) is 6.07 Å². The quantitative estimate of drug-likeness (QED) is 0.762. The Morgan fingerprint density at radius 2 is 1.88 bits per heavy atom. The van der Waals surface area contributed by atoms with Gasteiger partial charge in [0.15, 0.2) is 0 Å².